The number of anilines is 1. The van der Waals surface area contributed by atoms with Gasteiger partial charge in [0.1, 0.15) is 23.1 Å². The predicted molar refractivity (Wildman–Crippen MR) is 96.8 cm³/mol. The van der Waals surface area contributed by atoms with Crippen molar-refractivity contribution in [1.82, 2.24) is 14.5 Å². The Morgan fingerprint density at radius 1 is 1.31 bits per heavy atom. The van der Waals surface area contributed by atoms with E-state index in [9.17, 15) is 9.18 Å². The first-order chi connectivity index (χ1) is 12.5. The molecule has 0 spiro atoms. The zero-order valence-corrected chi connectivity index (χ0v) is 14.9. The number of carbonyl (C=O) groups excluding carboxylic acids is 1. The van der Waals surface area contributed by atoms with Gasteiger partial charge in [-0.3, -0.25) is 9.20 Å². The number of benzene rings is 1. The first-order valence-corrected chi connectivity index (χ1v) is 8.84. The third-order valence-corrected chi connectivity index (χ3v) is 4.91. The standard InChI is InChI=1S/C18H15FN4O2S/c1-10-14(11(2)25-22-10)9-15(24)20-17-16(12-3-5-13(19)6-4-12)21-18-23(17)7-8-26-18/h3-8H,9H2,1-2H3,(H,20,24). The first kappa shape index (κ1) is 16.5. The summed E-state index contributed by atoms with van der Waals surface area (Å²) in [5.74, 6) is 0.671. The van der Waals surface area contributed by atoms with Crippen molar-refractivity contribution in [3.63, 3.8) is 0 Å². The monoisotopic (exact) mass is 370 g/mol. The maximum atomic E-state index is 13.2. The third-order valence-electron chi connectivity index (χ3n) is 4.16. The summed E-state index contributed by atoms with van der Waals surface area (Å²) >= 11 is 1.46. The average molecular weight is 370 g/mol. The summed E-state index contributed by atoms with van der Waals surface area (Å²) in [5.41, 5.74) is 2.81. The van der Waals surface area contributed by atoms with Crippen LogP contribution in [-0.4, -0.2) is 20.4 Å². The minimum absolute atomic E-state index is 0.154. The molecule has 132 valence electrons. The normalized spacial score (nSPS) is 11.2. The molecule has 3 heterocycles. The molecule has 0 saturated heterocycles. The van der Waals surface area contributed by atoms with Crippen molar-refractivity contribution < 1.29 is 13.7 Å². The number of aromatic nitrogens is 3. The molecule has 1 aromatic carbocycles. The number of fused-ring (bicyclic) bond motifs is 1. The number of nitrogens with one attached hydrogen (secondary N) is 1. The van der Waals surface area contributed by atoms with Gasteiger partial charge in [-0.25, -0.2) is 9.37 Å². The molecule has 0 radical (unpaired) electrons. The largest absolute Gasteiger partial charge is 0.361 e. The number of imidazole rings is 1. The van der Waals surface area contributed by atoms with Crippen LogP contribution in [0.1, 0.15) is 17.0 Å². The highest BCUT2D eigenvalue weighted by atomic mass is 32.1. The maximum absolute atomic E-state index is 13.2. The topological polar surface area (TPSA) is 72.4 Å². The lowest BCUT2D eigenvalue weighted by Crippen LogP contribution is -2.16. The second-order valence-electron chi connectivity index (χ2n) is 5.90. The first-order valence-electron chi connectivity index (χ1n) is 7.96. The quantitative estimate of drug-likeness (QED) is 0.590. The van der Waals surface area contributed by atoms with E-state index in [-0.39, 0.29) is 18.1 Å². The summed E-state index contributed by atoms with van der Waals surface area (Å²) in [6.45, 7) is 3.58. The van der Waals surface area contributed by atoms with Crippen molar-refractivity contribution in [3.8, 4) is 11.3 Å². The van der Waals surface area contributed by atoms with Crippen LogP contribution >= 0.6 is 11.3 Å². The number of rotatable bonds is 4. The molecule has 0 unspecified atom stereocenters. The van der Waals surface area contributed by atoms with Gasteiger partial charge >= 0.3 is 0 Å². The second kappa shape index (κ2) is 6.38. The summed E-state index contributed by atoms with van der Waals surface area (Å²) in [5, 5.41) is 8.69. The minimum atomic E-state index is -0.321. The zero-order valence-electron chi connectivity index (χ0n) is 14.1. The van der Waals surface area contributed by atoms with E-state index >= 15 is 0 Å². The number of thiazole rings is 1. The van der Waals surface area contributed by atoms with E-state index in [0.29, 0.717) is 23.0 Å². The fourth-order valence-corrected chi connectivity index (χ4v) is 3.52. The van der Waals surface area contributed by atoms with Crippen LogP contribution < -0.4 is 5.32 Å². The lowest BCUT2D eigenvalue weighted by Gasteiger charge is -2.07. The van der Waals surface area contributed by atoms with Gasteiger partial charge in [0.25, 0.3) is 0 Å². The smallest absolute Gasteiger partial charge is 0.230 e. The minimum Gasteiger partial charge on any atom is -0.361 e. The molecular weight excluding hydrogens is 355 g/mol. The van der Waals surface area contributed by atoms with Crippen LogP contribution in [0.3, 0.4) is 0 Å². The van der Waals surface area contributed by atoms with Gasteiger partial charge in [-0.1, -0.05) is 5.16 Å². The number of carbonyl (C=O) groups is 1. The Balaban J connectivity index is 1.69. The molecule has 1 N–H and O–H groups in total. The van der Waals surface area contributed by atoms with Gasteiger partial charge in [0.2, 0.25) is 5.91 Å². The van der Waals surface area contributed by atoms with E-state index < -0.39 is 0 Å². The maximum Gasteiger partial charge on any atom is 0.230 e. The van der Waals surface area contributed by atoms with E-state index in [1.54, 1.807) is 26.0 Å². The molecular formula is C18H15FN4O2S. The van der Waals surface area contributed by atoms with Crippen molar-refractivity contribution in [2.75, 3.05) is 5.32 Å². The molecule has 0 aliphatic heterocycles. The molecule has 0 fully saturated rings. The molecule has 4 aromatic rings. The highest BCUT2D eigenvalue weighted by Gasteiger charge is 2.19. The fraction of sp³-hybridized carbons (Fsp3) is 0.167. The Labute approximate surface area is 152 Å². The molecule has 6 nitrogen and oxygen atoms in total. The molecule has 8 heteroatoms. The van der Waals surface area contributed by atoms with E-state index in [0.717, 1.165) is 16.1 Å². The number of halogens is 1. The molecule has 1 amide bonds. The molecule has 4 rings (SSSR count). The van der Waals surface area contributed by atoms with Gasteiger partial charge in [-0.2, -0.15) is 0 Å². The second-order valence-corrected chi connectivity index (χ2v) is 6.77. The van der Waals surface area contributed by atoms with Gasteiger partial charge in [0.15, 0.2) is 4.96 Å². The number of hydrogen-bond donors (Lipinski definition) is 1. The van der Waals surface area contributed by atoms with Crippen LogP contribution in [-0.2, 0) is 11.2 Å². The van der Waals surface area contributed by atoms with E-state index in [4.69, 9.17) is 4.52 Å². The van der Waals surface area contributed by atoms with Gasteiger partial charge < -0.3 is 9.84 Å². The highest BCUT2D eigenvalue weighted by Crippen LogP contribution is 2.31. The molecule has 0 atom stereocenters. The van der Waals surface area contributed by atoms with Crippen LogP contribution in [0.2, 0.25) is 0 Å². The summed E-state index contributed by atoms with van der Waals surface area (Å²) < 4.78 is 20.2. The molecule has 26 heavy (non-hydrogen) atoms. The molecule has 0 aliphatic carbocycles. The van der Waals surface area contributed by atoms with Crippen LogP contribution in [0.5, 0.6) is 0 Å². The van der Waals surface area contributed by atoms with Crippen molar-refractivity contribution in [3.05, 3.63) is 58.7 Å². The lowest BCUT2D eigenvalue weighted by atomic mass is 10.1. The summed E-state index contributed by atoms with van der Waals surface area (Å²) in [4.78, 5) is 17.9. The van der Waals surface area contributed by atoms with E-state index in [1.165, 1.54) is 23.5 Å². The van der Waals surface area contributed by atoms with E-state index in [1.807, 2.05) is 16.0 Å². The van der Waals surface area contributed by atoms with Gasteiger partial charge in [-0.05, 0) is 38.1 Å². The van der Waals surface area contributed by atoms with Crippen molar-refractivity contribution in [2.24, 2.45) is 0 Å². The van der Waals surface area contributed by atoms with Gasteiger partial charge in [-0.15, -0.1) is 11.3 Å². The van der Waals surface area contributed by atoms with Gasteiger partial charge in [0.05, 0.1) is 12.1 Å². The molecule has 0 saturated carbocycles. The number of amides is 1. The Kier molecular flexibility index (Phi) is 4.04. The molecule has 0 bridgehead atoms. The number of aryl methyl sites for hydroxylation is 2. The van der Waals surface area contributed by atoms with Crippen LogP contribution in [0, 0.1) is 19.7 Å². The average Bonchev–Trinajstić information content (AvgIpc) is 3.28. The van der Waals surface area contributed by atoms with Crippen molar-refractivity contribution in [2.45, 2.75) is 20.3 Å². The fourth-order valence-electron chi connectivity index (χ4n) is 2.81. The van der Waals surface area contributed by atoms with Crippen molar-refractivity contribution in [1.29, 1.82) is 0 Å². The van der Waals surface area contributed by atoms with Gasteiger partial charge in [0, 0.05) is 22.7 Å². The SMILES string of the molecule is Cc1noc(C)c1CC(=O)Nc1c(-c2ccc(F)cc2)nc2sccn12. The lowest BCUT2D eigenvalue weighted by molar-refractivity contribution is -0.115. The number of nitrogens with zero attached hydrogens (tertiary/aromatic N) is 3. The Hall–Kier alpha value is -3.00. The summed E-state index contributed by atoms with van der Waals surface area (Å²) in [7, 11) is 0. The highest BCUT2D eigenvalue weighted by molar-refractivity contribution is 7.15. The zero-order chi connectivity index (χ0) is 18.3. The Morgan fingerprint density at radius 3 is 2.77 bits per heavy atom. The Bertz CT molecular complexity index is 1070. The summed E-state index contributed by atoms with van der Waals surface area (Å²) in [6.07, 6.45) is 1.99. The predicted octanol–water partition coefficient (Wildman–Crippen LogP) is 3.99. The molecule has 3 aromatic heterocycles. The van der Waals surface area contributed by atoms with Crippen LogP contribution in [0.25, 0.3) is 16.2 Å². The van der Waals surface area contributed by atoms with Crippen molar-refractivity contribution >= 4 is 28.0 Å². The Morgan fingerprint density at radius 2 is 2.08 bits per heavy atom. The summed E-state index contributed by atoms with van der Waals surface area (Å²) in [6, 6.07) is 6.04. The van der Waals surface area contributed by atoms with Crippen LogP contribution in [0.15, 0.2) is 40.4 Å². The van der Waals surface area contributed by atoms with E-state index in [2.05, 4.69) is 15.5 Å². The molecule has 0 aliphatic rings. The third kappa shape index (κ3) is 2.88. The van der Waals surface area contributed by atoms with Crippen LogP contribution in [0.4, 0.5) is 10.2 Å². The number of hydrogen-bond acceptors (Lipinski definition) is 5.